The number of rotatable bonds is 45. The van der Waals surface area contributed by atoms with Crippen LogP contribution in [0.5, 0.6) is 0 Å². The SMILES string of the molecule is CC/C=C\C/C=C\C/C=C\C/C=C\C/C=C\C/C=C\CCCCC(=O)OCC(COC(=O)CCCCCCC/C=C\CCC)OC(=O)CCCCCCC/C=C\C/C=C\CCCCC. The number of hydrogen-bond acceptors (Lipinski definition) is 6. The minimum absolute atomic E-state index is 0.104. The third-order valence-corrected chi connectivity index (χ3v) is 10.5. The molecule has 0 radical (unpaired) electrons. The second-order valence-electron chi connectivity index (χ2n) is 16.7. The largest absolute Gasteiger partial charge is 0.462 e. The number of unbranched alkanes of at least 4 members (excludes halogenated alkanes) is 16. The summed E-state index contributed by atoms with van der Waals surface area (Å²) in [7, 11) is 0. The molecule has 1 unspecified atom stereocenters. The number of ether oxygens (including phenoxy) is 3. The molecule has 64 heavy (non-hydrogen) atoms. The normalized spacial score (nSPS) is 13.0. The van der Waals surface area contributed by atoms with Crippen molar-refractivity contribution < 1.29 is 28.6 Å². The van der Waals surface area contributed by atoms with Gasteiger partial charge in [-0.3, -0.25) is 14.4 Å². The molecule has 1 atom stereocenters. The molecule has 0 aliphatic rings. The maximum atomic E-state index is 12.8. The Morgan fingerprint density at radius 2 is 0.641 bits per heavy atom. The zero-order valence-corrected chi connectivity index (χ0v) is 41.3. The van der Waals surface area contributed by atoms with Crippen molar-refractivity contribution in [2.45, 2.75) is 226 Å². The fraction of sp³-hybridized carbons (Fsp3) is 0.638. The Balaban J connectivity index is 4.46. The lowest BCUT2D eigenvalue weighted by Crippen LogP contribution is -2.30. The monoisotopic (exact) mass is 887 g/mol. The molecular weight excluding hydrogens is 793 g/mol. The minimum Gasteiger partial charge on any atom is -0.462 e. The molecule has 0 aromatic carbocycles. The second-order valence-corrected chi connectivity index (χ2v) is 16.7. The molecule has 0 heterocycles. The first kappa shape index (κ1) is 60.1. The van der Waals surface area contributed by atoms with E-state index in [9.17, 15) is 14.4 Å². The van der Waals surface area contributed by atoms with Crippen molar-refractivity contribution in [1.82, 2.24) is 0 Å². The van der Waals surface area contributed by atoms with Crippen molar-refractivity contribution >= 4 is 17.9 Å². The lowest BCUT2D eigenvalue weighted by atomic mass is 10.1. The van der Waals surface area contributed by atoms with Gasteiger partial charge in [-0.1, -0.05) is 188 Å². The maximum Gasteiger partial charge on any atom is 0.306 e. The van der Waals surface area contributed by atoms with Crippen LogP contribution >= 0.6 is 0 Å². The van der Waals surface area contributed by atoms with Gasteiger partial charge in [0.05, 0.1) is 0 Å². The van der Waals surface area contributed by atoms with Crippen LogP contribution in [0.4, 0.5) is 0 Å². The Bertz CT molecular complexity index is 1340. The van der Waals surface area contributed by atoms with Crippen molar-refractivity contribution in [3.63, 3.8) is 0 Å². The first-order valence-electron chi connectivity index (χ1n) is 25.9. The van der Waals surface area contributed by atoms with Crippen LogP contribution in [0.25, 0.3) is 0 Å². The summed E-state index contributed by atoms with van der Waals surface area (Å²) in [6.07, 6.45) is 69.3. The van der Waals surface area contributed by atoms with Gasteiger partial charge in [0.1, 0.15) is 13.2 Å². The van der Waals surface area contributed by atoms with Crippen molar-refractivity contribution in [2.75, 3.05) is 13.2 Å². The van der Waals surface area contributed by atoms with E-state index in [0.29, 0.717) is 25.7 Å². The van der Waals surface area contributed by atoms with Gasteiger partial charge in [-0.2, -0.15) is 0 Å². The molecule has 0 amide bonds. The van der Waals surface area contributed by atoms with E-state index in [1.165, 1.54) is 38.5 Å². The predicted octanol–water partition coefficient (Wildman–Crippen LogP) is 17.1. The van der Waals surface area contributed by atoms with Gasteiger partial charge >= 0.3 is 17.9 Å². The zero-order chi connectivity index (χ0) is 46.5. The highest BCUT2D eigenvalue weighted by molar-refractivity contribution is 5.71. The molecule has 0 aromatic heterocycles. The van der Waals surface area contributed by atoms with Gasteiger partial charge in [0.25, 0.3) is 0 Å². The zero-order valence-electron chi connectivity index (χ0n) is 41.3. The molecule has 0 N–H and O–H groups in total. The summed E-state index contributed by atoms with van der Waals surface area (Å²) in [6.45, 7) is 6.36. The number of hydrogen-bond donors (Lipinski definition) is 0. The molecule has 0 aromatic rings. The first-order chi connectivity index (χ1) is 31.5. The highest BCUT2D eigenvalue weighted by Gasteiger charge is 2.19. The van der Waals surface area contributed by atoms with Gasteiger partial charge < -0.3 is 14.2 Å². The quantitative estimate of drug-likeness (QED) is 0.0262. The Morgan fingerprint density at radius 3 is 1.06 bits per heavy atom. The standard InChI is InChI=1S/C58H94O6/c1-4-7-10-13-16-19-22-24-26-27-28-29-30-31-33-34-36-39-42-45-48-51-57(60)63-54-55(53-62-56(59)50-47-44-41-38-21-18-15-12-9-6-3)64-58(61)52-49-46-43-40-37-35-32-25-23-20-17-14-11-8-5-2/h7,10,12,15-17,19-20,24-26,28-29,31-33,36,39,55H,4-6,8-9,11,13-14,18,21-23,27,30,34-35,37-38,40-54H2,1-3H3/b10-7-,15-12-,19-16-,20-17-,26-24-,29-28-,32-25-,33-31-,39-36-. The van der Waals surface area contributed by atoms with Gasteiger partial charge in [0, 0.05) is 19.3 Å². The van der Waals surface area contributed by atoms with E-state index in [4.69, 9.17) is 14.2 Å². The minimum atomic E-state index is -0.807. The van der Waals surface area contributed by atoms with E-state index in [-0.39, 0.29) is 31.1 Å². The van der Waals surface area contributed by atoms with Crippen LogP contribution in [-0.2, 0) is 28.6 Å². The summed E-state index contributed by atoms with van der Waals surface area (Å²) in [6, 6.07) is 0. The fourth-order valence-electron chi connectivity index (χ4n) is 6.59. The maximum absolute atomic E-state index is 12.8. The molecule has 0 saturated carbocycles. The van der Waals surface area contributed by atoms with Crippen LogP contribution in [0.15, 0.2) is 109 Å². The number of esters is 3. The molecule has 0 saturated heterocycles. The molecule has 6 nitrogen and oxygen atoms in total. The van der Waals surface area contributed by atoms with E-state index in [2.05, 4.69) is 130 Å². The van der Waals surface area contributed by atoms with E-state index in [0.717, 1.165) is 135 Å². The highest BCUT2D eigenvalue weighted by atomic mass is 16.6. The van der Waals surface area contributed by atoms with Crippen LogP contribution in [0.3, 0.4) is 0 Å². The summed E-state index contributed by atoms with van der Waals surface area (Å²) < 4.78 is 16.7. The lowest BCUT2D eigenvalue weighted by Gasteiger charge is -2.18. The van der Waals surface area contributed by atoms with E-state index in [1.54, 1.807) is 0 Å². The smallest absolute Gasteiger partial charge is 0.306 e. The van der Waals surface area contributed by atoms with Gasteiger partial charge in [-0.25, -0.2) is 0 Å². The third-order valence-electron chi connectivity index (χ3n) is 10.5. The van der Waals surface area contributed by atoms with Gasteiger partial charge in [0.2, 0.25) is 0 Å². The van der Waals surface area contributed by atoms with Crippen LogP contribution < -0.4 is 0 Å². The second kappa shape index (κ2) is 51.7. The Morgan fingerprint density at radius 1 is 0.328 bits per heavy atom. The van der Waals surface area contributed by atoms with E-state index in [1.807, 2.05) is 0 Å². The lowest BCUT2D eigenvalue weighted by molar-refractivity contribution is -0.167. The molecule has 0 bridgehead atoms. The van der Waals surface area contributed by atoms with Gasteiger partial charge in [-0.05, 0) is 122 Å². The number of allylic oxidation sites excluding steroid dienone is 18. The highest BCUT2D eigenvalue weighted by Crippen LogP contribution is 2.12. The third kappa shape index (κ3) is 49.1. The first-order valence-corrected chi connectivity index (χ1v) is 25.9. The molecule has 0 aliphatic carbocycles. The average Bonchev–Trinajstić information content (AvgIpc) is 3.29. The van der Waals surface area contributed by atoms with Crippen molar-refractivity contribution in [3.8, 4) is 0 Å². The summed E-state index contributed by atoms with van der Waals surface area (Å²) in [5.74, 6) is -0.980. The molecule has 362 valence electrons. The Hall–Kier alpha value is -3.93. The van der Waals surface area contributed by atoms with Crippen LogP contribution in [-0.4, -0.2) is 37.2 Å². The molecule has 0 spiro atoms. The fourth-order valence-corrected chi connectivity index (χ4v) is 6.59. The Kier molecular flexibility index (Phi) is 48.5. The summed E-state index contributed by atoms with van der Waals surface area (Å²) >= 11 is 0. The van der Waals surface area contributed by atoms with E-state index < -0.39 is 6.10 Å². The topological polar surface area (TPSA) is 78.9 Å². The molecule has 6 heteroatoms. The van der Waals surface area contributed by atoms with Crippen molar-refractivity contribution in [1.29, 1.82) is 0 Å². The molecular formula is C58H94O6. The van der Waals surface area contributed by atoms with E-state index >= 15 is 0 Å². The van der Waals surface area contributed by atoms with Crippen LogP contribution in [0.2, 0.25) is 0 Å². The average molecular weight is 887 g/mol. The molecule has 0 fully saturated rings. The number of carbonyl (C=O) groups is 3. The molecule has 0 aliphatic heterocycles. The molecule has 0 rings (SSSR count). The van der Waals surface area contributed by atoms with Crippen molar-refractivity contribution in [3.05, 3.63) is 109 Å². The summed E-state index contributed by atoms with van der Waals surface area (Å²) in [4.78, 5) is 37.9. The van der Waals surface area contributed by atoms with Crippen molar-refractivity contribution in [2.24, 2.45) is 0 Å². The van der Waals surface area contributed by atoms with Gasteiger partial charge in [0.15, 0.2) is 6.10 Å². The summed E-state index contributed by atoms with van der Waals surface area (Å²) in [5.41, 5.74) is 0. The Labute approximate surface area is 393 Å². The predicted molar refractivity (Wildman–Crippen MR) is 274 cm³/mol. The summed E-state index contributed by atoms with van der Waals surface area (Å²) in [5, 5.41) is 0. The van der Waals surface area contributed by atoms with Crippen LogP contribution in [0.1, 0.15) is 220 Å². The van der Waals surface area contributed by atoms with Crippen LogP contribution in [0, 0.1) is 0 Å². The number of carbonyl (C=O) groups excluding carboxylic acids is 3. The van der Waals surface area contributed by atoms with Gasteiger partial charge in [-0.15, -0.1) is 0 Å².